The predicted molar refractivity (Wildman–Crippen MR) is 48.4 cm³/mol. The summed E-state index contributed by atoms with van der Waals surface area (Å²) in [7, 11) is 0. The number of hydrogen-bond acceptors (Lipinski definition) is 3. The van der Waals surface area contributed by atoms with Crippen molar-refractivity contribution in [1.29, 1.82) is 0 Å². The minimum absolute atomic E-state index is 0.249. The molecule has 0 atom stereocenters. The molecule has 0 saturated heterocycles. The van der Waals surface area contributed by atoms with Crippen LogP contribution in [0.3, 0.4) is 0 Å². The second kappa shape index (κ2) is 3.53. The Morgan fingerprint density at radius 1 is 1.46 bits per heavy atom. The van der Waals surface area contributed by atoms with Gasteiger partial charge in [0.05, 0.1) is 0 Å². The van der Waals surface area contributed by atoms with E-state index in [9.17, 15) is 0 Å². The summed E-state index contributed by atoms with van der Waals surface area (Å²) in [5, 5.41) is 6.70. The van der Waals surface area contributed by atoms with E-state index >= 15 is 0 Å². The molecule has 4 nitrogen and oxygen atoms in total. The summed E-state index contributed by atoms with van der Waals surface area (Å²) in [6, 6.07) is 3.86. The first-order valence-electron chi connectivity index (χ1n) is 3.80. The highest BCUT2D eigenvalue weighted by Crippen LogP contribution is 2.05. The van der Waals surface area contributed by atoms with Gasteiger partial charge in [-0.15, -0.1) is 5.10 Å². The Kier molecular flexibility index (Phi) is 2.23. The fraction of sp³-hybridized carbons (Fsp3) is 0.125. The number of aromatic amines is 1. The average molecular weight is 195 g/mol. The normalized spacial score (nSPS) is 10.2. The van der Waals surface area contributed by atoms with Crippen LogP contribution in [0.2, 0.25) is 5.28 Å². The number of pyridine rings is 1. The highest BCUT2D eigenvalue weighted by molar-refractivity contribution is 6.28. The number of aromatic nitrogens is 4. The van der Waals surface area contributed by atoms with Crippen molar-refractivity contribution in [3.63, 3.8) is 0 Å². The lowest BCUT2D eigenvalue weighted by molar-refractivity contribution is 0.966. The predicted octanol–water partition coefficient (Wildman–Crippen LogP) is 1.44. The average Bonchev–Trinajstić information content (AvgIpc) is 2.53. The fourth-order valence-electron chi connectivity index (χ4n) is 1.05. The molecule has 0 fully saturated rings. The molecule has 0 radical (unpaired) electrons. The maximum atomic E-state index is 5.56. The minimum atomic E-state index is 0.249. The van der Waals surface area contributed by atoms with E-state index in [0.29, 0.717) is 6.42 Å². The summed E-state index contributed by atoms with van der Waals surface area (Å²) in [6.45, 7) is 0. The number of halogens is 1. The van der Waals surface area contributed by atoms with Crippen LogP contribution in [-0.2, 0) is 6.42 Å². The molecule has 0 aromatic carbocycles. The fourth-order valence-corrected chi connectivity index (χ4v) is 1.19. The number of nitrogens with zero attached hydrogens (tertiary/aromatic N) is 3. The van der Waals surface area contributed by atoms with Gasteiger partial charge in [-0.1, -0.05) is 6.07 Å². The lowest BCUT2D eigenvalue weighted by atomic mass is 10.2. The largest absolute Gasteiger partial charge is 0.264 e. The molecule has 66 valence electrons. The van der Waals surface area contributed by atoms with Gasteiger partial charge in [-0.25, -0.2) is 4.98 Å². The van der Waals surface area contributed by atoms with E-state index in [4.69, 9.17) is 11.6 Å². The Morgan fingerprint density at radius 2 is 2.38 bits per heavy atom. The molecule has 0 aliphatic rings. The van der Waals surface area contributed by atoms with E-state index in [2.05, 4.69) is 20.2 Å². The molecule has 13 heavy (non-hydrogen) atoms. The number of H-pyrrole nitrogens is 1. The number of rotatable bonds is 2. The molecule has 1 N–H and O–H groups in total. The molecule has 0 bridgehead atoms. The Hall–Kier alpha value is -1.42. The van der Waals surface area contributed by atoms with Crippen molar-refractivity contribution in [1.82, 2.24) is 20.2 Å². The van der Waals surface area contributed by atoms with Crippen LogP contribution in [0.4, 0.5) is 0 Å². The molecule has 0 aliphatic heterocycles. The highest BCUT2D eigenvalue weighted by Gasteiger charge is 2.00. The van der Waals surface area contributed by atoms with Crippen molar-refractivity contribution >= 4 is 11.6 Å². The molecular formula is C8H7ClN4. The van der Waals surface area contributed by atoms with Crippen LogP contribution >= 0.6 is 11.6 Å². The molecule has 0 amide bonds. The number of hydrogen-bond donors (Lipinski definition) is 1. The SMILES string of the molecule is Clc1n[nH]c(Cc2cccnc2)n1. The summed E-state index contributed by atoms with van der Waals surface area (Å²) in [5.74, 6) is 0.748. The van der Waals surface area contributed by atoms with E-state index in [0.717, 1.165) is 11.4 Å². The van der Waals surface area contributed by atoms with Crippen molar-refractivity contribution < 1.29 is 0 Å². The summed E-state index contributed by atoms with van der Waals surface area (Å²) in [5.41, 5.74) is 1.08. The maximum absolute atomic E-state index is 5.56. The van der Waals surface area contributed by atoms with E-state index in [-0.39, 0.29) is 5.28 Å². The van der Waals surface area contributed by atoms with E-state index < -0.39 is 0 Å². The van der Waals surface area contributed by atoms with Crippen LogP contribution in [0, 0.1) is 0 Å². The second-order valence-electron chi connectivity index (χ2n) is 2.59. The molecule has 5 heteroatoms. The van der Waals surface area contributed by atoms with Gasteiger partial charge in [0.25, 0.3) is 0 Å². The quantitative estimate of drug-likeness (QED) is 0.787. The van der Waals surface area contributed by atoms with Crippen molar-refractivity contribution in [3.05, 3.63) is 41.2 Å². The third-order valence-corrected chi connectivity index (χ3v) is 1.77. The van der Waals surface area contributed by atoms with Crippen molar-refractivity contribution in [2.24, 2.45) is 0 Å². The van der Waals surface area contributed by atoms with Gasteiger partial charge >= 0.3 is 0 Å². The van der Waals surface area contributed by atoms with Crippen LogP contribution in [0.1, 0.15) is 11.4 Å². The summed E-state index contributed by atoms with van der Waals surface area (Å²) >= 11 is 5.56. The maximum Gasteiger partial charge on any atom is 0.242 e. The smallest absolute Gasteiger partial charge is 0.242 e. The Balaban J connectivity index is 2.15. The van der Waals surface area contributed by atoms with Crippen LogP contribution in [0.25, 0.3) is 0 Å². The van der Waals surface area contributed by atoms with Gasteiger partial charge in [-0.2, -0.15) is 0 Å². The molecule has 0 spiro atoms. The third kappa shape index (κ3) is 2.03. The van der Waals surface area contributed by atoms with Crippen LogP contribution in [0.15, 0.2) is 24.5 Å². The van der Waals surface area contributed by atoms with Gasteiger partial charge in [-0.3, -0.25) is 10.1 Å². The zero-order valence-electron chi connectivity index (χ0n) is 6.74. The second-order valence-corrected chi connectivity index (χ2v) is 2.93. The van der Waals surface area contributed by atoms with Gasteiger partial charge in [-0.05, 0) is 23.2 Å². The topological polar surface area (TPSA) is 54.5 Å². The van der Waals surface area contributed by atoms with Crippen LogP contribution in [0.5, 0.6) is 0 Å². The van der Waals surface area contributed by atoms with Crippen LogP contribution < -0.4 is 0 Å². The first kappa shape index (κ1) is 8.19. The lowest BCUT2D eigenvalue weighted by Crippen LogP contribution is -1.90. The summed E-state index contributed by atoms with van der Waals surface area (Å²) < 4.78 is 0. The Morgan fingerprint density at radius 3 is 3.00 bits per heavy atom. The van der Waals surface area contributed by atoms with Crippen molar-refractivity contribution in [2.45, 2.75) is 6.42 Å². The molecule has 2 aromatic rings. The Bertz CT molecular complexity index is 384. The first-order chi connectivity index (χ1) is 6.34. The molecule has 0 aliphatic carbocycles. The molecule has 2 aromatic heterocycles. The lowest BCUT2D eigenvalue weighted by Gasteiger charge is -1.94. The van der Waals surface area contributed by atoms with Crippen molar-refractivity contribution in [2.75, 3.05) is 0 Å². The molecular weight excluding hydrogens is 188 g/mol. The van der Waals surface area contributed by atoms with Gasteiger partial charge < -0.3 is 0 Å². The standard InChI is InChI=1S/C8H7ClN4/c9-8-11-7(12-13-8)4-6-2-1-3-10-5-6/h1-3,5H,4H2,(H,11,12,13). The first-order valence-corrected chi connectivity index (χ1v) is 4.18. The van der Waals surface area contributed by atoms with Crippen molar-refractivity contribution in [3.8, 4) is 0 Å². The zero-order chi connectivity index (χ0) is 9.10. The molecule has 0 saturated carbocycles. The van der Waals surface area contributed by atoms with Gasteiger partial charge in [0.2, 0.25) is 5.28 Å². The van der Waals surface area contributed by atoms with Gasteiger partial charge in [0, 0.05) is 18.8 Å². The molecule has 0 unspecified atom stereocenters. The Labute approximate surface area is 80.0 Å². The van der Waals surface area contributed by atoms with Gasteiger partial charge in [0.15, 0.2) is 0 Å². The van der Waals surface area contributed by atoms with E-state index in [1.807, 2.05) is 12.1 Å². The van der Waals surface area contributed by atoms with E-state index in [1.165, 1.54) is 0 Å². The minimum Gasteiger partial charge on any atom is -0.264 e. The van der Waals surface area contributed by atoms with E-state index in [1.54, 1.807) is 12.4 Å². The highest BCUT2D eigenvalue weighted by atomic mass is 35.5. The van der Waals surface area contributed by atoms with Crippen LogP contribution in [-0.4, -0.2) is 20.2 Å². The molecule has 2 heterocycles. The molecule has 2 rings (SSSR count). The van der Waals surface area contributed by atoms with Gasteiger partial charge in [0.1, 0.15) is 5.82 Å². The zero-order valence-corrected chi connectivity index (χ0v) is 7.49. The monoisotopic (exact) mass is 194 g/mol. The third-order valence-electron chi connectivity index (χ3n) is 1.60. The number of nitrogens with one attached hydrogen (secondary N) is 1. The summed E-state index contributed by atoms with van der Waals surface area (Å²) in [6.07, 6.45) is 4.20. The summed E-state index contributed by atoms with van der Waals surface area (Å²) in [4.78, 5) is 7.97.